The fraction of sp³-hybridized carbons (Fsp3) is 0.786. The summed E-state index contributed by atoms with van der Waals surface area (Å²) in [6, 6.07) is 0. The van der Waals surface area contributed by atoms with E-state index < -0.39 is 5.60 Å². The highest BCUT2D eigenvalue weighted by molar-refractivity contribution is 5.50. The molecule has 0 atom stereocenters. The maximum Gasteiger partial charge on any atom is 0.131 e. The fourth-order valence-corrected chi connectivity index (χ4v) is 2.98. The van der Waals surface area contributed by atoms with Crippen LogP contribution < -0.4 is 10.2 Å². The zero-order chi connectivity index (χ0) is 14.8. The predicted molar refractivity (Wildman–Crippen MR) is 79.0 cm³/mol. The third kappa shape index (κ3) is 3.13. The van der Waals surface area contributed by atoms with Gasteiger partial charge in [-0.25, -0.2) is 0 Å². The molecule has 0 aromatic carbocycles. The van der Waals surface area contributed by atoms with Gasteiger partial charge >= 0.3 is 0 Å². The molecule has 1 fully saturated rings. The lowest BCUT2D eigenvalue weighted by Crippen LogP contribution is -2.46. The number of nitrogens with one attached hydrogen (secondary N) is 1. The van der Waals surface area contributed by atoms with E-state index in [1.807, 2.05) is 32.7 Å². The highest BCUT2D eigenvalue weighted by Gasteiger charge is 2.32. The summed E-state index contributed by atoms with van der Waals surface area (Å²) in [6.07, 6.45) is 1.38. The van der Waals surface area contributed by atoms with E-state index in [-0.39, 0.29) is 0 Å². The first-order valence-corrected chi connectivity index (χ1v) is 7.15. The van der Waals surface area contributed by atoms with Crippen LogP contribution in [0.5, 0.6) is 0 Å². The molecule has 6 heteroatoms. The third-order valence-electron chi connectivity index (χ3n) is 3.98. The van der Waals surface area contributed by atoms with Crippen LogP contribution in [0.3, 0.4) is 0 Å². The smallest absolute Gasteiger partial charge is 0.131 e. The van der Waals surface area contributed by atoms with Crippen LogP contribution in [0.1, 0.15) is 24.1 Å². The van der Waals surface area contributed by atoms with Gasteiger partial charge in [0.05, 0.1) is 11.3 Å². The molecule has 0 spiro atoms. The lowest BCUT2D eigenvalue weighted by Gasteiger charge is -2.36. The second-order valence-electron chi connectivity index (χ2n) is 5.73. The summed E-state index contributed by atoms with van der Waals surface area (Å²) in [7, 11) is 5.90. The van der Waals surface area contributed by atoms with Crippen molar-refractivity contribution in [2.24, 2.45) is 7.05 Å². The van der Waals surface area contributed by atoms with Gasteiger partial charge in [-0.05, 0) is 14.0 Å². The minimum atomic E-state index is -0.665. The van der Waals surface area contributed by atoms with Crippen LogP contribution in [0.25, 0.3) is 0 Å². The molecular weight excluding hydrogens is 256 g/mol. The van der Waals surface area contributed by atoms with Crippen molar-refractivity contribution in [3.05, 3.63) is 11.3 Å². The molecule has 1 aliphatic heterocycles. The van der Waals surface area contributed by atoms with Gasteiger partial charge in [-0.2, -0.15) is 5.10 Å². The van der Waals surface area contributed by atoms with Crippen molar-refractivity contribution < 1.29 is 9.84 Å². The molecule has 2 rings (SSSR count). The van der Waals surface area contributed by atoms with E-state index >= 15 is 0 Å². The van der Waals surface area contributed by atoms with Crippen molar-refractivity contribution in [2.45, 2.75) is 31.9 Å². The Bertz CT molecular complexity index is 452. The van der Waals surface area contributed by atoms with E-state index in [0.717, 1.165) is 18.1 Å². The molecule has 1 aromatic rings. The van der Waals surface area contributed by atoms with Gasteiger partial charge in [-0.3, -0.25) is 4.68 Å². The Hall–Kier alpha value is -1.11. The number of ether oxygens (including phenoxy) is 1. The molecule has 6 nitrogen and oxygen atoms in total. The van der Waals surface area contributed by atoms with E-state index in [9.17, 15) is 5.11 Å². The Labute approximate surface area is 120 Å². The van der Waals surface area contributed by atoms with Crippen molar-refractivity contribution in [3.63, 3.8) is 0 Å². The number of aromatic nitrogens is 2. The first-order chi connectivity index (χ1) is 9.47. The van der Waals surface area contributed by atoms with Crippen LogP contribution in [0, 0.1) is 6.92 Å². The molecule has 0 bridgehead atoms. The van der Waals surface area contributed by atoms with Crippen molar-refractivity contribution in [3.8, 4) is 0 Å². The van der Waals surface area contributed by atoms with E-state index in [2.05, 4.69) is 15.3 Å². The first kappa shape index (κ1) is 15.3. The monoisotopic (exact) mass is 282 g/mol. The number of nitrogens with zero attached hydrogens (tertiary/aromatic N) is 3. The Morgan fingerprint density at radius 3 is 2.70 bits per heavy atom. The lowest BCUT2D eigenvalue weighted by atomic mass is 9.94. The summed E-state index contributed by atoms with van der Waals surface area (Å²) in [5.41, 5.74) is 1.55. The Balaban J connectivity index is 2.18. The molecule has 114 valence electrons. The van der Waals surface area contributed by atoms with Gasteiger partial charge in [-0.1, -0.05) is 0 Å². The first-order valence-electron chi connectivity index (χ1n) is 7.15. The maximum absolute atomic E-state index is 10.7. The summed E-state index contributed by atoms with van der Waals surface area (Å²) in [5.74, 6) is 1.07. The Morgan fingerprint density at radius 1 is 1.45 bits per heavy atom. The molecule has 1 aliphatic rings. The molecule has 1 aromatic heterocycles. The topological polar surface area (TPSA) is 62.6 Å². The molecule has 0 unspecified atom stereocenters. The van der Waals surface area contributed by atoms with Gasteiger partial charge < -0.3 is 20.1 Å². The molecule has 0 aliphatic carbocycles. The summed E-state index contributed by atoms with van der Waals surface area (Å²) in [5, 5.41) is 18.3. The minimum Gasteiger partial charge on any atom is -0.388 e. The summed E-state index contributed by atoms with van der Waals surface area (Å²) in [4.78, 5) is 2.11. The Kier molecular flexibility index (Phi) is 4.67. The number of aryl methyl sites for hydroxylation is 2. The average molecular weight is 282 g/mol. The number of likely N-dealkylation sites (N-methyl/N-ethyl adjacent to an activating group) is 1. The lowest BCUT2D eigenvalue weighted by molar-refractivity contribution is -0.0573. The van der Waals surface area contributed by atoms with Gasteiger partial charge in [0, 0.05) is 58.8 Å². The highest BCUT2D eigenvalue weighted by Crippen LogP contribution is 2.27. The molecule has 20 heavy (non-hydrogen) atoms. The second kappa shape index (κ2) is 6.11. The van der Waals surface area contributed by atoms with Crippen LogP contribution in [-0.2, 0) is 18.3 Å². The van der Waals surface area contributed by atoms with E-state index in [4.69, 9.17) is 4.74 Å². The maximum atomic E-state index is 10.7. The molecule has 0 radical (unpaired) electrons. The zero-order valence-electron chi connectivity index (χ0n) is 12.9. The molecular formula is C14H26N4O2. The predicted octanol–water partition coefficient (Wildman–Crippen LogP) is 0.426. The summed E-state index contributed by atoms with van der Waals surface area (Å²) in [6.45, 7) is 4.68. The Morgan fingerprint density at radius 2 is 2.10 bits per heavy atom. The van der Waals surface area contributed by atoms with E-state index in [0.29, 0.717) is 32.6 Å². The van der Waals surface area contributed by atoms with E-state index in [1.165, 1.54) is 5.56 Å². The largest absolute Gasteiger partial charge is 0.388 e. The number of hydrogen-bond donors (Lipinski definition) is 2. The normalized spacial score (nSPS) is 18.2. The number of anilines is 1. The van der Waals surface area contributed by atoms with Gasteiger partial charge in [0.1, 0.15) is 5.82 Å². The van der Waals surface area contributed by atoms with Crippen LogP contribution in [0.2, 0.25) is 0 Å². The van der Waals surface area contributed by atoms with Crippen LogP contribution >= 0.6 is 0 Å². The molecule has 0 amide bonds. The van der Waals surface area contributed by atoms with Crippen molar-refractivity contribution in [1.29, 1.82) is 0 Å². The number of rotatable bonds is 5. The second-order valence-corrected chi connectivity index (χ2v) is 5.73. The quantitative estimate of drug-likeness (QED) is 0.820. The fourth-order valence-electron chi connectivity index (χ4n) is 2.98. The molecule has 2 heterocycles. The van der Waals surface area contributed by atoms with Crippen LogP contribution in [0.15, 0.2) is 0 Å². The zero-order valence-corrected chi connectivity index (χ0v) is 12.9. The van der Waals surface area contributed by atoms with Crippen LogP contribution in [0.4, 0.5) is 5.82 Å². The number of aliphatic hydroxyl groups is 1. The van der Waals surface area contributed by atoms with Crippen molar-refractivity contribution >= 4 is 5.82 Å². The van der Waals surface area contributed by atoms with E-state index in [1.54, 1.807) is 0 Å². The average Bonchev–Trinajstić information content (AvgIpc) is 2.65. The van der Waals surface area contributed by atoms with Crippen LogP contribution in [-0.4, -0.2) is 54.3 Å². The van der Waals surface area contributed by atoms with Gasteiger partial charge in [0.15, 0.2) is 0 Å². The van der Waals surface area contributed by atoms with Crippen molar-refractivity contribution in [2.75, 3.05) is 38.8 Å². The summed E-state index contributed by atoms with van der Waals surface area (Å²) < 4.78 is 7.23. The highest BCUT2D eigenvalue weighted by atomic mass is 16.5. The number of hydrogen-bond acceptors (Lipinski definition) is 5. The molecule has 2 N–H and O–H groups in total. The standard InChI is InChI=1S/C14H26N4O2/c1-11-12(9-15-2)13(18(4)16-11)17(3)10-14(19)5-7-20-8-6-14/h15,19H,5-10H2,1-4H3. The minimum absolute atomic E-state index is 0.603. The molecule has 0 saturated carbocycles. The van der Waals surface area contributed by atoms with Gasteiger partial charge in [-0.15, -0.1) is 0 Å². The van der Waals surface area contributed by atoms with Gasteiger partial charge in [0.2, 0.25) is 0 Å². The van der Waals surface area contributed by atoms with Gasteiger partial charge in [0.25, 0.3) is 0 Å². The third-order valence-corrected chi connectivity index (χ3v) is 3.98. The SMILES string of the molecule is CNCc1c(C)nn(C)c1N(C)CC1(O)CCOCC1. The summed E-state index contributed by atoms with van der Waals surface area (Å²) >= 11 is 0. The molecule has 1 saturated heterocycles. The van der Waals surface area contributed by atoms with Crippen molar-refractivity contribution in [1.82, 2.24) is 15.1 Å².